The van der Waals surface area contributed by atoms with Crippen molar-refractivity contribution in [3.8, 4) is 0 Å². The van der Waals surface area contributed by atoms with Crippen molar-refractivity contribution < 1.29 is 18.7 Å². The van der Waals surface area contributed by atoms with Crippen LogP contribution in [0, 0.1) is 17.0 Å². The molecule has 0 atom stereocenters. The molecule has 1 aliphatic carbocycles. The highest BCUT2D eigenvalue weighted by Crippen LogP contribution is 2.44. The minimum atomic E-state index is -0.666. The summed E-state index contributed by atoms with van der Waals surface area (Å²) in [5.74, 6) is -1.33. The van der Waals surface area contributed by atoms with Crippen LogP contribution in [0.15, 0.2) is 12.1 Å². The lowest BCUT2D eigenvalue weighted by atomic mass is 10.1. The van der Waals surface area contributed by atoms with E-state index in [1.807, 2.05) is 0 Å². The number of piperidine rings is 1. The number of carbonyl (C=O) groups excluding carboxylic acids is 1. The fourth-order valence-corrected chi connectivity index (χ4v) is 3.07. The first kappa shape index (κ1) is 17.0. The van der Waals surface area contributed by atoms with Crippen LogP contribution < -0.4 is 15.5 Å². The van der Waals surface area contributed by atoms with Crippen LogP contribution in [0.2, 0.25) is 0 Å². The van der Waals surface area contributed by atoms with Gasteiger partial charge in [-0.3, -0.25) is 0 Å². The molecule has 2 amide bonds. The van der Waals surface area contributed by atoms with Crippen molar-refractivity contribution in [1.82, 2.24) is 5.32 Å². The molecule has 7 heteroatoms. The number of hydrogen-bond acceptors (Lipinski definition) is 3. The topological polar surface area (TPSA) is 64.6 Å². The number of aliphatic hydroxyl groups excluding tert-OH is 1. The van der Waals surface area contributed by atoms with E-state index in [2.05, 4.69) is 10.6 Å². The smallest absolute Gasteiger partial charge is 0.319 e. The molecule has 1 heterocycles. The van der Waals surface area contributed by atoms with Gasteiger partial charge in [0.1, 0.15) is 5.69 Å². The summed E-state index contributed by atoms with van der Waals surface area (Å²) in [5.41, 5.74) is -0.152. The van der Waals surface area contributed by atoms with Crippen LogP contribution in [0.25, 0.3) is 0 Å². The summed E-state index contributed by atoms with van der Waals surface area (Å²) in [6.45, 7) is 1.67. The van der Waals surface area contributed by atoms with E-state index in [4.69, 9.17) is 0 Å². The molecule has 1 aromatic rings. The maximum atomic E-state index is 14.3. The van der Waals surface area contributed by atoms with Crippen LogP contribution in [0.4, 0.5) is 25.0 Å². The fraction of sp³-hybridized carbons (Fsp3) is 0.588. The molecule has 0 spiro atoms. The summed E-state index contributed by atoms with van der Waals surface area (Å²) in [6, 6.07) is 1.76. The first-order valence-corrected chi connectivity index (χ1v) is 8.43. The van der Waals surface area contributed by atoms with E-state index in [0.717, 1.165) is 44.2 Å². The number of carbonyl (C=O) groups is 1. The number of aliphatic hydroxyl groups is 1. The van der Waals surface area contributed by atoms with Gasteiger partial charge < -0.3 is 20.6 Å². The van der Waals surface area contributed by atoms with Crippen LogP contribution in [0.1, 0.15) is 32.1 Å². The fourth-order valence-electron chi connectivity index (χ4n) is 3.07. The van der Waals surface area contributed by atoms with Crippen LogP contribution in [0.5, 0.6) is 0 Å². The van der Waals surface area contributed by atoms with Gasteiger partial charge in [0.05, 0.1) is 6.61 Å². The molecule has 24 heavy (non-hydrogen) atoms. The Balaban J connectivity index is 1.63. The van der Waals surface area contributed by atoms with E-state index in [1.54, 1.807) is 4.90 Å². The monoisotopic (exact) mass is 339 g/mol. The van der Waals surface area contributed by atoms with Crippen molar-refractivity contribution in [1.29, 1.82) is 0 Å². The van der Waals surface area contributed by atoms with Crippen LogP contribution in [-0.2, 0) is 0 Å². The lowest BCUT2D eigenvalue weighted by Crippen LogP contribution is -2.35. The maximum absolute atomic E-state index is 14.3. The summed E-state index contributed by atoms with van der Waals surface area (Å²) in [4.78, 5) is 13.6. The molecule has 0 radical (unpaired) electrons. The Bertz CT molecular complexity index is 591. The molecule has 3 N–H and O–H groups in total. The molecular weight excluding hydrogens is 316 g/mol. The highest BCUT2D eigenvalue weighted by atomic mass is 19.1. The molecule has 0 aromatic heterocycles. The van der Waals surface area contributed by atoms with Crippen molar-refractivity contribution in [2.45, 2.75) is 32.1 Å². The number of hydrogen-bond donors (Lipinski definition) is 3. The second-order valence-corrected chi connectivity index (χ2v) is 6.80. The minimum absolute atomic E-state index is 0.0159. The van der Waals surface area contributed by atoms with E-state index in [0.29, 0.717) is 19.6 Å². The van der Waals surface area contributed by atoms with Gasteiger partial charge in [-0.2, -0.15) is 0 Å². The number of urea groups is 1. The molecule has 2 aliphatic rings. The average Bonchev–Trinajstić information content (AvgIpc) is 3.34. The molecule has 0 unspecified atom stereocenters. The van der Waals surface area contributed by atoms with Gasteiger partial charge in [0, 0.05) is 30.7 Å². The zero-order valence-electron chi connectivity index (χ0n) is 13.6. The summed E-state index contributed by atoms with van der Waals surface area (Å²) < 4.78 is 28.6. The molecule has 1 saturated heterocycles. The average molecular weight is 339 g/mol. The Morgan fingerprint density at radius 1 is 1.17 bits per heavy atom. The standard InChI is InChI=1S/C17H23F2N3O2/c18-13-8-12(21-16(24)20-10-17(11-23)4-5-17)9-14(19)15(13)22-6-2-1-3-7-22/h8-9,23H,1-7,10-11H2,(H2,20,21,24). The Hall–Kier alpha value is -1.89. The summed E-state index contributed by atoms with van der Waals surface area (Å²) >= 11 is 0. The van der Waals surface area contributed by atoms with Gasteiger partial charge in [-0.05, 0) is 44.2 Å². The van der Waals surface area contributed by atoms with E-state index < -0.39 is 17.7 Å². The Morgan fingerprint density at radius 2 is 1.79 bits per heavy atom. The van der Waals surface area contributed by atoms with E-state index >= 15 is 0 Å². The predicted octanol–water partition coefficient (Wildman–Crippen LogP) is 2.85. The summed E-state index contributed by atoms with van der Waals surface area (Å²) in [6.07, 6.45) is 4.67. The van der Waals surface area contributed by atoms with Gasteiger partial charge in [-0.1, -0.05) is 0 Å². The number of benzene rings is 1. The van der Waals surface area contributed by atoms with Crippen LogP contribution in [-0.4, -0.2) is 37.4 Å². The van der Waals surface area contributed by atoms with Gasteiger partial charge >= 0.3 is 6.03 Å². The number of anilines is 2. The number of rotatable bonds is 5. The maximum Gasteiger partial charge on any atom is 0.319 e. The highest BCUT2D eigenvalue weighted by molar-refractivity contribution is 5.89. The first-order valence-electron chi connectivity index (χ1n) is 8.43. The van der Waals surface area contributed by atoms with Crippen molar-refractivity contribution in [3.63, 3.8) is 0 Å². The highest BCUT2D eigenvalue weighted by Gasteiger charge is 2.42. The van der Waals surface area contributed by atoms with Crippen LogP contribution >= 0.6 is 0 Å². The Morgan fingerprint density at radius 3 is 2.33 bits per heavy atom. The summed E-state index contributed by atoms with van der Waals surface area (Å²) in [5, 5.41) is 14.3. The molecule has 3 rings (SSSR count). The van der Waals surface area contributed by atoms with E-state index in [9.17, 15) is 18.7 Å². The Kier molecular flexibility index (Phi) is 4.89. The second kappa shape index (κ2) is 6.93. The predicted molar refractivity (Wildman–Crippen MR) is 88.2 cm³/mol. The van der Waals surface area contributed by atoms with Crippen molar-refractivity contribution in [2.24, 2.45) is 5.41 Å². The molecule has 1 aliphatic heterocycles. The van der Waals surface area contributed by atoms with Crippen LogP contribution in [0.3, 0.4) is 0 Å². The van der Waals surface area contributed by atoms with E-state index in [-0.39, 0.29) is 23.4 Å². The minimum Gasteiger partial charge on any atom is -0.396 e. The zero-order chi connectivity index (χ0) is 17.2. The van der Waals surface area contributed by atoms with E-state index in [1.165, 1.54) is 0 Å². The molecular formula is C17H23F2N3O2. The number of nitrogens with zero attached hydrogens (tertiary/aromatic N) is 1. The van der Waals surface area contributed by atoms with Gasteiger partial charge in [-0.25, -0.2) is 13.6 Å². The quantitative estimate of drug-likeness (QED) is 0.773. The SMILES string of the molecule is O=C(NCC1(CO)CC1)Nc1cc(F)c(N2CCCCC2)c(F)c1. The molecule has 2 fully saturated rings. The third kappa shape index (κ3) is 3.77. The van der Waals surface area contributed by atoms with Crippen molar-refractivity contribution in [3.05, 3.63) is 23.8 Å². The summed E-state index contributed by atoms with van der Waals surface area (Å²) in [7, 11) is 0. The van der Waals surface area contributed by atoms with Gasteiger partial charge in [0.25, 0.3) is 0 Å². The number of halogens is 2. The largest absolute Gasteiger partial charge is 0.396 e. The number of amides is 2. The second-order valence-electron chi connectivity index (χ2n) is 6.80. The number of nitrogens with one attached hydrogen (secondary N) is 2. The molecule has 132 valence electrons. The normalized spacial score (nSPS) is 19.0. The third-order valence-electron chi connectivity index (χ3n) is 4.86. The van der Waals surface area contributed by atoms with Crippen molar-refractivity contribution in [2.75, 3.05) is 36.5 Å². The lowest BCUT2D eigenvalue weighted by molar-refractivity contribution is 0.206. The molecule has 5 nitrogen and oxygen atoms in total. The lowest BCUT2D eigenvalue weighted by Gasteiger charge is -2.29. The molecule has 1 saturated carbocycles. The van der Waals surface area contributed by atoms with Gasteiger partial charge in [0.2, 0.25) is 0 Å². The van der Waals surface area contributed by atoms with Crippen molar-refractivity contribution >= 4 is 17.4 Å². The zero-order valence-corrected chi connectivity index (χ0v) is 13.6. The Labute approximate surface area is 140 Å². The van der Waals surface area contributed by atoms with Gasteiger partial charge in [-0.15, -0.1) is 0 Å². The first-order chi connectivity index (χ1) is 11.5. The third-order valence-corrected chi connectivity index (χ3v) is 4.86. The molecule has 0 bridgehead atoms. The van der Waals surface area contributed by atoms with Gasteiger partial charge in [0.15, 0.2) is 11.6 Å². The molecule has 1 aromatic carbocycles.